The van der Waals surface area contributed by atoms with E-state index in [1.807, 2.05) is 24.3 Å². The van der Waals surface area contributed by atoms with Crippen molar-refractivity contribution in [2.45, 2.75) is 76.4 Å². The van der Waals surface area contributed by atoms with Crippen molar-refractivity contribution in [2.75, 3.05) is 41.5 Å². The molecule has 0 spiro atoms. The lowest BCUT2D eigenvalue weighted by atomic mass is 10.1. The number of nitrogens with one attached hydrogen (secondary N) is 4. The van der Waals surface area contributed by atoms with Crippen LogP contribution in [0.2, 0.25) is 0 Å². The maximum absolute atomic E-state index is 13.6. The van der Waals surface area contributed by atoms with Crippen LogP contribution in [0.25, 0.3) is 0 Å². The molecule has 2 saturated heterocycles. The number of rotatable bonds is 10. The lowest BCUT2D eigenvalue weighted by Gasteiger charge is -2.30. The highest BCUT2D eigenvalue weighted by Gasteiger charge is 2.41. The van der Waals surface area contributed by atoms with Crippen LogP contribution < -0.4 is 10.6 Å². The minimum absolute atomic E-state index is 0.219. The van der Waals surface area contributed by atoms with Gasteiger partial charge in [-0.2, -0.15) is 0 Å². The Morgan fingerprint density at radius 2 is 1.22 bits per heavy atom. The lowest BCUT2D eigenvalue weighted by molar-refractivity contribution is -0.138. The molecule has 16 nitrogen and oxygen atoms in total. The number of benzene rings is 1. The highest BCUT2D eigenvalue weighted by Crippen LogP contribution is 2.35. The highest BCUT2D eigenvalue weighted by atomic mass is 16.5. The number of aromatic nitrogens is 4. The molecular weight excluding hydrogens is 708 g/mol. The Kier molecular flexibility index (Phi) is 13.5. The van der Waals surface area contributed by atoms with Gasteiger partial charge >= 0.3 is 12.2 Å². The van der Waals surface area contributed by atoms with Gasteiger partial charge in [-0.3, -0.25) is 9.59 Å². The number of aromatic amines is 2. The minimum Gasteiger partial charge on any atom is -0.453 e. The van der Waals surface area contributed by atoms with Crippen LogP contribution in [-0.2, 0) is 28.5 Å². The van der Waals surface area contributed by atoms with E-state index in [-0.39, 0.29) is 29.8 Å². The van der Waals surface area contributed by atoms with Gasteiger partial charge in [-0.15, -0.1) is 0 Å². The van der Waals surface area contributed by atoms with Gasteiger partial charge in [0.05, 0.1) is 38.5 Å². The molecule has 0 unspecified atom stereocenters. The van der Waals surface area contributed by atoms with E-state index < -0.39 is 36.5 Å². The van der Waals surface area contributed by atoms with Crippen LogP contribution in [0.5, 0.6) is 0 Å². The van der Waals surface area contributed by atoms with E-state index in [9.17, 15) is 19.2 Å². The second kappa shape index (κ2) is 18.5. The minimum atomic E-state index is -0.924. The van der Waals surface area contributed by atoms with Gasteiger partial charge in [0.25, 0.3) is 0 Å². The Labute approximate surface area is 320 Å². The number of carbonyl (C=O) groups excluding carboxylic acids is 4. The molecule has 2 aliphatic heterocycles. The number of methoxy groups -OCH3 is 4. The Morgan fingerprint density at radius 1 is 0.745 bits per heavy atom. The van der Waals surface area contributed by atoms with Crippen LogP contribution in [0.4, 0.5) is 9.59 Å². The second-order valence-electron chi connectivity index (χ2n) is 13.6. The zero-order chi connectivity index (χ0) is 39.6. The Hall–Kier alpha value is -5.84. The summed E-state index contributed by atoms with van der Waals surface area (Å²) in [5.74, 6) is 13.3. The van der Waals surface area contributed by atoms with E-state index in [0.29, 0.717) is 49.0 Å². The fourth-order valence-corrected chi connectivity index (χ4v) is 6.68. The zero-order valence-electron chi connectivity index (χ0n) is 32.1. The number of imidazole rings is 2. The first kappa shape index (κ1) is 40.3. The number of carbonyl (C=O) groups is 4. The van der Waals surface area contributed by atoms with Crippen molar-refractivity contribution < 1.29 is 38.1 Å². The first-order chi connectivity index (χ1) is 26.5. The Bertz CT molecular complexity index is 1950. The van der Waals surface area contributed by atoms with Crippen molar-refractivity contribution in [1.82, 2.24) is 40.4 Å². The van der Waals surface area contributed by atoms with Crippen LogP contribution in [0.3, 0.4) is 0 Å². The van der Waals surface area contributed by atoms with Gasteiger partial charge in [0.15, 0.2) is 0 Å². The number of nitrogens with zero attached hydrogens (tertiary/aromatic N) is 4. The third kappa shape index (κ3) is 9.83. The summed E-state index contributed by atoms with van der Waals surface area (Å²) in [6.45, 7) is 6.52. The molecule has 5 rings (SSSR count). The molecule has 7 atom stereocenters. The molecule has 4 N–H and O–H groups in total. The van der Waals surface area contributed by atoms with Crippen molar-refractivity contribution in [1.29, 1.82) is 0 Å². The highest BCUT2D eigenvalue weighted by molar-refractivity contribution is 5.87. The number of hydrogen-bond donors (Lipinski definition) is 4. The summed E-state index contributed by atoms with van der Waals surface area (Å²) in [5, 5.41) is 5.19. The van der Waals surface area contributed by atoms with Gasteiger partial charge in [0, 0.05) is 50.8 Å². The van der Waals surface area contributed by atoms with E-state index in [4.69, 9.17) is 18.9 Å². The van der Waals surface area contributed by atoms with Crippen LogP contribution in [0.15, 0.2) is 36.7 Å². The molecule has 4 amide bonds. The molecule has 4 heterocycles. The van der Waals surface area contributed by atoms with E-state index in [1.165, 1.54) is 28.4 Å². The first-order valence-electron chi connectivity index (χ1n) is 18.1. The zero-order valence-corrected chi connectivity index (χ0v) is 32.1. The summed E-state index contributed by atoms with van der Waals surface area (Å²) in [7, 11) is 5.45. The predicted octanol–water partition coefficient (Wildman–Crippen LogP) is 3.02. The average molecular weight is 757 g/mol. The van der Waals surface area contributed by atoms with Gasteiger partial charge in [0.2, 0.25) is 11.8 Å². The van der Waals surface area contributed by atoms with Gasteiger partial charge in [-0.05, 0) is 75.1 Å². The van der Waals surface area contributed by atoms with Crippen LogP contribution in [-0.4, -0.2) is 120 Å². The second-order valence-corrected chi connectivity index (χ2v) is 13.6. The maximum atomic E-state index is 13.6. The number of hydrogen-bond acceptors (Lipinski definition) is 10. The summed E-state index contributed by atoms with van der Waals surface area (Å²) < 4.78 is 20.2. The van der Waals surface area contributed by atoms with E-state index in [0.717, 1.165) is 17.5 Å². The average Bonchev–Trinajstić information content (AvgIpc) is 4.03. The summed E-state index contributed by atoms with van der Waals surface area (Å²) in [6.07, 6.45) is 3.05. The SMILES string of the molecule is COC(=O)N[C@H](C(=O)N1CCC[C@H]1c1nc(C#Cc2ccc(C#Cc3c[nH]c([C@@H]4C[C@H](C)CN4C(=O)[C@@H](NC(=O)OC)[C@@H](C)OC)n3)cc2)c[nH]1)[C@@H](C)OC. The summed E-state index contributed by atoms with van der Waals surface area (Å²) in [5.41, 5.74) is 2.59. The van der Waals surface area contributed by atoms with Crippen LogP contribution in [0.1, 0.15) is 86.3 Å². The van der Waals surface area contributed by atoms with E-state index in [1.54, 1.807) is 36.0 Å². The normalized spacial score (nSPS) is 19.9. The third-order valence-corrected chi connectivity index (χ3v) is 9.84. The van der Waals surface area contributed by atoms with Gasteiger partial charge in [-0.1, -0.05) is 18.8 Å². The smallest absolute Gasteiger partial charge is 0.407 e. The monoisotopic (exact) mass is 756 g/mol. The van der Waals surface area contributed by atoms with Crippen molar-refractivity contribution in [2.24, 2.45) is 5.92 Å². The first-order valence-corrected chi connectivity index (χ1v) is 18.1. The predicted molar refractivity (Wildman–Crippen MR) is 199 cm³/mol. The largest absolute Gasteiger partial charge is 0.453 e. The fraction of sp³-hybridized carbons (Fsp3) is 0.487. The third-order valence-electron chi connectivity index (χ3n) is 9.84. The fourth-order valence-electron chi connectivity index (χ4n) is 6.68. The van der Waals surface area contributed by atoms with Gasteiger partial charge in [0.1, 0.15) is 35.1 Å². The van der Waals surface area contributed by atoms with Crippen LogP contribution in [0, 0.1) is 29.6 Å². The summed E-state index contributed by atoms with van der Waals surface area (Å²) in [6, 6.07) is 5.02. The van der Waals surface area contributed by atoms with Gasteiger partial charge in [-0.25, -0.2) is 19.6 Å². The number of amides is 4. The van der Waals surface area contributed by atoms with Crippen molar-refractivity contribution >= 4 is 24.0 Å². The summed E-state index contributed by atoms with van der Waals surface area (Å²) >= 11 is 0. The van der Waals surface area contributed by atoms with Gasteiger partial charge < -0.3 is 49.3 Å². The topological polar surface area (TPSA) is 193 Å². The number of ether oxygens (including phenoxy) is 4. The summed E-state index contributed by atoms with van der Waals surface area (Å²) in [4.78, 5) is 70.2. The number of likely N-dealkylation sites (tertiary alicyclic amines) is 2. The Balaban J connectivity index is 1.22. The molecule has 0 saturated carbocycles. The van der Waals surface area contributed by atoms with Crippen molar-refractivity contribution in [3.63, 3.8) is 0 Å². The quantitative estimate of drug-likeness (QED) is 0.224. The molecule has 2 aliphatic rings. The molecule has 0 radical (unpaired) electrons. The molecule has 0 bridgehead atoms. The molecule has 292 valence electrons. The number of H-pyrrole nitrogens is 2. The molecule has 1 aromatic carbocycles. The molecule has 0 aliphatic carbocycles. The molecule has 3 aromatic rings. The standard InChI is InChI=1S/C39H48N8O8/c1-23-19-31(47(22-23)37(49)33(25(3)53-5)45-39(51)55-7)35-41-21-29(43-35)17-15-27-12-10-26(11-13-27)14-16-28-20-40-34(42-28)30-9-8-18-46(30)36(48)32(24(2)52-4)44-38(50)54-6/h10-13,20-21,23-25,30-33H,8-9,18-19,22H2,1-7H3,(H,40,42)(H,41,43)(H,44,50)(H,45,51)/t23-,24+,25+,30-,31-,32-,33-/m0/s1. The number of alkyl carbamates (subject to hydrolysis) is 2. The van der Waals surface area contributed by atoms with E-state index >= 15 is 0 Å². The Morgan fingerprint density at radius 3 is 1.69 bits per heavy atom. The molecule has 55 heavy (non-hydrogen) atoms. The maximum Gasteiger partial charge on any atom is 0.407 e. The molecule has 16 heteroatoms. The van der Waals surface area contributed by atoms with Crippen molar-refractivity contribution in [3.8, 4) is 23.7 Å². The molecule has 2 fully saturated rings. The van der Waals surface area contributed by atoms with Crippen LogP contribution >= 0.6 is 0 Å². The van der Waals surface area contributed by atoms with E-state index in [2.05, 4.69) is 61.2 Å². The lowest BCUT2D eigenvalue weighted by Crippen LogP contribution is -2.54. The molecular formula is C39H48N8O8. The van der Waals surface area contributed by atoms with Crippen molar-refractivity contribution in [3.05, 3.63) is 70.8 Å². The molecule has 2 aromatic heterocycles.